The maximum absolute atomic E-state index is 4.59. The lowest BCUT2D eigenvalue weighted by molar-refractivity contribution is 0.675. The van der Waals surface area contributed by atoms with Crippen molar-refractivity contribution in [3.63, 3.8) is 0 Å². The summed E-state index contributed by atoms with van der Waals surface area (Å²) in [4.78, 5) is 13.5. The SMILES string of the molecule is Cc1nc(NC(c2nccn2C)c2nccn2C)cc2nncn12. The predicted molar refractivity (Wildman–Crippen MR) is 87.4 cm³/mol. The fourth-order valence-electron chi connectivity index (χ4n) is 2.75. The van der Waals surface area contributed by atoms with E-state index >= 15 is 0 Å². The van der Waals surface area contributed by atoms with Gasteiger partial charge in [-0.1, -0.05) is 0 Å². The summed E-state index contributed by atoms with van der Waals surface area (Å²) in [7, 11) is 3.92. The number of hydrogen-bond donors (Lipinski definition) is 1. The molecule has 1 N–H and O–H groups in total. The Hall–Kier alpha value is -3.23. The summed E-state index contributed by atoms with van der Waals surface area (Å²) in [6.45, 7) is 1.91. The normalized spacial score (nSPS) is 11.5. The van der Waals surface area contributed by atoms with Gasteiger partial charge in [-0.25, -0.2) is 15.0 Å². The summed E-state index contributed by atoms with van der Waals surface area (Å²) in [6, 6.07) is 1.63. The molecule has 4 aromatic rings. The van der Waals surface area contributed by atoms with E-state index in [1.54, 1.807) is 18.7 Å². The number of imidazole rings is 2. The van der Waals surface area contributed by atoms with Gasteiger partial charge in [0, 0.05) is 44.9 Å². The Morgan fingerprint density at radius 1 is 1.04 bits per heavy atom. The van der Waals surface area contributed by atoms with Crippen LogP contribution in [0.4, 0.5) is 5.82 Å². The second kappa shape index (κ2) is 5.44. The number of aryl methyl sites for hydroxylation is 3. The Labute approximate surface area is 138 Å². The van der Waals surface area contributed by atoms with E-state index in [9.17, 15) is 0 Å². The molecular formula is C15H17N9. The van der Waals surface area contributed by atoms with E-state index in [1.807, 2.05) is 53.0 Å². The lowest BCUT2D eigenvalue weighted by Gasteiger charge is -2.19. The lowest BCUT2D eigenvalue weighted by atomic mass is 10.2. The van der Waals surface area contributed by atoms with Gasteiger partial charge in [0.05, 0.1) is 0 Å². The molecule has 0 saturated heterocycles. The van der Waals surface area contributed by atoms with Gasteiger partial charge < -0.3 is 14.5 Å². The van der Waals surface area contributed by atoms with Crippen molar-refractivity contribution in [1.29, 1.82) is 0 Å². The molecule has 0 aliphatic carbocycles. The highest BCUT2D eigenvalue weighted by atomic mass is 15.3. The molecule has 4 rings (SSSR count). The molecule has 0 radical (unpaired) electrons. The third kappa shape index (κ3) is 2.30. The summed E-state index contributed by atoms with van der Waals surface area (Å²) in [5.74, 6) is 3.21. The predicted octanol–water partition coefficient (Wildman–Crippen LogP) is 1.10. The van der Waals surface area contributed by atoms with Crippen LogP contribution in [0.25, 0.3) is 5.65 Å². The quantitative estimate of drug-likeness (QED) is 0.605. The first-order valence-electron chi connectivity index (χ1n) is 7.52. The maximum atomic E-state index is 4.59. The van der Waals surface area contributed by atoms with Crippen LogP contribution in [-0.2, 0) is 14.1 Å². The van der Waals surface area contributed by atoms with Crippen LogP contribution in [0.2, 0.25) is 0 Å². The van der Waals surface area contributed by atoms with Gasteiger partial charge in [-0.2, -0.15) is 0 Å². The van der Waals surface area contributed by atoms with Crippen LogP contribution in [0, 0.1) is 6.92 Å². The van der Waals surface area contributed by atoms with Gasteiger partial charge in [-0.15, -0.1) is 10.2 Å². The number of fused-ring (bicyclic) bond motifs is 1. The zero-order valence-corrected chi connectivity index (χ0v) is 13.6. The topological polar surface area (TPSA) is 90.8 Å². The molecule has 0 fully saturated rings. The lowest BCUT2D eigenvalue weighted by Crippen LogP contribution is -2.21. The first-order chi connectivity index (χ1) is 11.6. The van der Waals surface area contributed by atoms with E-state index in [1.165, 1.54) is 0 Å². The van der Waals surface area contributed by atoms with Crippen LogP contribution in [0.3, 0.4) is 0 Å². The molecule has 0 aliphatic rings. The van der Waals surface area contributed by atoms with E-state index in [0.717, 1.165) is 23.1 Å². The zero-order chi connectivity index (χ0) is 16.7. The summed E-state index contributed by atoms with van der Waals surface area (Å²) in [5.41, 5.74) is 0.739. The molecule has 0 saturated carbocycles. The molecule has 0 unspecified atom stereocenters. The highest BCUT2D eigenvalue weighted by molar-refractivity contribution is 5.51. The highest BCUT2D eigenvalue weighted by Crippen LogP contribution is 2.23. The van der Waals surface area contributed by atoms with Crippen LogP contribution in [0.5, 0.6) is 0 Å². The van der Waals surface area contributed by atoms with Crippen molar-refractivity contribution >= 4 is 11.5 Å². The second-order valence-corrected chi connectivity index (χ2v) is 5.62. The molecular weight excluding hydrogens is 306 g/mol. The molecule has 0 spiro atoms. The minimum atomic E-state index is -0.234. The largest absolute Gasteiger partial charge is 0.354 e. The minimum absolute atomic E-state index is 0.234. The first-order valence-corrected chi connectivity index (χ1v) is 7.52. The van der Waals surface area contributed by atoms with E-state index in [4.69, 9.17) is 0 Å². The van der Waals surface area contributed by atoms with E-state index in [0.29, 0.717) is 5.82 Å². The van der Waals surface area contributed by atoms with Gasteiger partial charge in [0.15, 0.2) is 5.65 Å². The van der Waals surface area contributed by atoms with Crippen LogP contribution < -0.4 is 5.32 Å². The zero-order valence-electron chi connectivity index (χ0n) is 13.6. The van der Waals surface area contributed by atoms with Crippen molar-refractivity contribution in [2.45, 2.75) is 13.0 Å². The fraction of sp³-hybridized carbons (Fsp3) is 0.267. The molecule has 4 heterocycles. The van der Waals surface area contributed by atoms with Gasteiger partial charge in [0.2, 0.25) is 0 Å². The van der Waals surface area contributed by atoms with Crippen molar-refractivity contribution in [3.05, 3.63) is 54.7 Å². The van der Waals surface area contributed by atoms with Gasteiger partial charge >= 0.3 is 0 Å². The van der Waals surface area contributed by atoms with Crippen LogP contribution >= 0.6 is 0 Å². The Balaban J connectivity index is 1.79. The minimum Gasteiger partial charge on any atom is -0.354 e. The molecule has 0 amide bonds. The molecule has 0 aromatic carbocycles. The number of aromatic nitrogens is 8. The first kappa shape index (κ1) is 14.4. The molecule has 122 valence electrons. The van der Waals surface area contributed by atoms with Crippen molar-refractivity contribution in [3.8, 4) is 0 Å². The van der Waals surface area contributed by atoms with Gasteiger partial charge in [0.1, 0.15) is 35.7 Å². The number of anilines is 1. The number of nitrogens with one attached hydrogen (secondary N) is 1. The third-order valence-electron chi connectivity index (χ3n) is 4.00. The number of nitrogens with zero attached hydrogens (tertiary/aromatic N) is 8. The van der Waals surface area contributed by atoms with Crippen LogP contribution in [0.1, 0.15) is 23.5 Å². The molecule has 9 heteroatoms. The van der Waals surface area contributed by atoms with E-state index in [-0.39, 0.29) is 6.04 Å². The molecule has 4 aromatic heterocycles. The van der Waals surface area contributed by atoms with Crippen LogP contribution in [0.15, 0.2) is 37.2 Å². The average Bonchev–Trinajstić information content (AvgIpc) is 3.26. The summed E-state index contributed by atoms with van der Waals surface area (Å²) < 4.78 is 5.77. The summed E-state index contributed by atoms with van der Waals surface area (Å²) >= 11 is 0. The third-order valence-corrected chi connectivity index (χ3v) is 4.00. The van der Waals surface area contributed by atoms with Gasteiger partial charge in [0.25, 0.3) is 0 Å². The van der Waals surface area contributed by atoms with Crippen molar-refractivity contribution in [2.75, 3.05) is 5.32 Å². The summed E-state index contributed by atoms with van der Waals surface area (Å²) in [5, 5.41) is 11.5. The molecule has 0 bridgehead atoms. The standard InChI is InChI=1S/C15H17N9/c1-10-19-11(8-12-21-18-9-24(10)12)20-13(14-16-4-6-22(14)2)15-17-5-7-23(15)3/h4-9,13,20H,1-3H3. The van der Waals surface area contributed by atoms with Gasteiger partial charge in [-0.05, 0) is 6.92 Å². The highest BCUT2D eigenvalue weighted by Gasteiger charge is 2.23. The number of rotatable bonds is 4. The van der Waals surface area contributed by atoms with Crippen molar-refractivity contribution < 1.29 is 0 Å². The Kier molecular flexibility index (Phi) is 3.26. The van der Waals surface area contributed by atoms with Crippen molar-refractivity contribution in [2.24, 2.45) is 14.1 Å². The maximum Gasteiger partial charge on any atom is 0.165 e. The van der Waals surface area contributed by atoms with E-state index < -0.39 is 0 Å². The average molecular weight is 323 g/mol. The Morgan fingerprint density at radius 3 is 2.29 bits per heavy atom. The van der Waals surface area contributed by atoms with Gasteiger partial charge in [-0.3, -0.25) is 4.40 Å². The second-order valence-electron chi connectivity index (χ2n) is 5.62. The van der Waals surface area contributed by atoms with Crippen LogP contribution in [-0.4, -0.2) is 38.7 Å². The molecule has 9 nitrogen and oxygen atoms in total. The monoisotopic (exact) mass is 323 g/mol. The fourth-order valence-corrected chi connectivity index (χ4v) is 2.75. The smallest absolute Gasteiger partial charge is 0.165 e. The number of hydrogen-bond acceptors (Lipinski definition) is 6. The summed E-state index contributed by atoms with van der Waals surface area (Å²) in [6.07, 6.45) is 9.01. The molecule has 0 atom stereocenters. The Bertz CT molecular complexity index is 953. The van der Waals surface area contributed by atoms with Crippen molar-refractivity contribution in [1.82, 2.24) is 38.7 Å². The Morgan fingerprint density at radius 2 is 1.71 bits per heavy atom. The van der Waals surface area contributed by atoms with E-state index in [2.05, 4.69) is 30.5 Å². The molecule has 24 heavy (non-hydrogen) atoms. The molecule has 0 aliphatic heterocycles.